The molecule has 1 saturated carbocycles. The van der Waals surface area contributed by atoms with Crippen molar-refractivity contribution in [2.24, 2.45) is 11.8 Å². The number of hydrogen-bond acceptors (Lipinski definition) is 5. The van der Waals surface area contributed by atoms with Gasteiger partial charge in [-0.1, -0.05) is 0 Å². The highest BCUT2D eigenvalue weighted by atomic mass is 32.2. The number of pyridine rings is 2. The van der Waals surface area contributed by atoms with Crippen molar-refractivity contribution in [1.82, 2.24) is 24.2 Å². The van der Waals surface area contributed by atoms with Crippen molar-refractivity contribution in [2.45, 2.75) is 57.3 Å². The van der Waals surface area contributed by atoms with Gasteiger partial charge in [-0.2, -0.15) is 0 Å². The van der Waals surface area contributed by atoms with Crippen LogP contribution in [0.3, 0.4) is 0 Å². The minimum absolute atomic E-state index is 0.261. The monoisotopic (exact) mass is 495 g/mol. The number of sulfonamides is 1. The van der Waals surface area contributed by atoms with Crippen LogP contribution < -0.4 is 0 Å². The Morgan fingerprint density at radius 2 is 1.77 bits per heavy atom. The van der Waals surface area contributed by atoms with Crippen molar-refractivity contribution in [3.05, 3.63) is 36.3 Å². The van der Waals surface area contributed by atoms with Gasteiger partial charge in [-0.25, -0.2) is 17.7 Å². The van der Waals surface area contributed by atoms with Crippen molar-refractivity contribution in [2.75, 3.05) is 38.5 Å². The maximum Gasteiger partial charge on any atom is 0.214 e. The molecule has 0 spiro atoms. The van der Waals surface area contributed by atoms with Crippen LogP contribution in [0, 0.1) is 11.8 Å². The summed E-state index contributed by atoms with van der Waals surface area (Å²) in [6.07, 6.45) is 14.4. The second-order valence-corrected chi connectivity index (χ2v) is 13.0. The van der Waals surface area contributed by atoms with Gasteiger partial charge in [0.05, 0.1) is 17.5 Å². The molecule has 7 nitrogen and oxygen atoms in total. The summed E-state index contributed by atoms with van der Waals surface area (Å²) >= 11 is 0. The SMILES string of the molecule is O=S(=O)(CC1CCC(c2ccnc3cnc4[nH]ccc4c23)CC1)N1CCCC(CN2CCCC2)C1. The molecular weight excluding hydrogens is 458 g/mol. The Labute approximate surface area is 208 Å². The molecule has 0 bridgehead atoms. The van der Waals surface area contributed by atoms with E-state index in [1.165, 1.54) is 36.9 Å². The lowest BCUT2D eigenvalue weighted by molar-refractivity contribution is 0.199. The van der Waals surface area contributed by atoms with Crippen molar-refractivity contribution < 1.29 is 8.42 Å². The minimum Gasteiger partial charge on any atom is -0.346 e. The van der Waals surface area contributed by atoms with Crippen LogP contribution in [-0.2, 0) is 10.0 Å². The largest absolute Gasteiger partial charge is 0.346 e. The molecule has 1 N–H and O–H groups in total. The molecule has 6 rings (SSSR count). The Balaban J connectivity index is 1.10. The second kappa shape index (κ2) is 9.79. The van der Waals surface area contributed by atoms with E-state index in [1.807, 2.05) is 22.9 Å². The normalized spacial score (nSPS) is 27.1. The van der Waals surface area contributed by atoms with Crippen LogP contribution in [0.1, 0.15) is 62.8 Å². The van der Waals surface area contributed by atoms with E-state index in [-0.39, 0.29) is 5.92 Å². The number of piperidine rings is 1. The molecule has 1 atom stereocenters. The van der Waals surface area contributed by atoms with Crippen molar-refractivity contribution in [1.29, 1.82) is 0 Å². The molecule has 0 radical (unpaired) electrons. The summed E-state index contributed by atoms with van der Waals surface area (Å²) in [5.41, 5.74) is 3.17. The first-order valence-electron chi connectivity index (χ1n) is 13.5. The first kappa shape index (κ1) is 23.4. The van der Waals surface area contributed by atoms with Crippen molar-refractivity contribution in [3.63, 3.8) is 0 Å². The lowest BCUT2D eigenvalue weighted by atomic mass is 9.78. The minimum atomic E-state index is -3.20. The molecule has 1 unspecified atom stereocenters. The van der Waals surface area contributed by atoms with E-state index >= 15 is 0 Å². The third-order valence-electron chi connectivity index (χ3n) is 8.65. The molecule has 3 fully saturated rings. The lowest BCUT2D eigenvalue weighted by Crippen LogP contribution is -2.45. The molecule has 2 saturated heterocycles. The maximum atomic E-state index is 13.4. The molecular formula is C27H37N5O2S. The summed E-state index contributed by atoms with van der Waals surface area (Å²) in [4.78, 5) is 14.8. The van der Waals surface area contributed by atoms with Crippen LogP contribution in [0.4, 0.5) is 0 Å². The fourth-order valence-electron chi connectivity index (χ4n) is 6.82. The number of aromatic nitrogens is 3. The van der Waals surface area contributed by atoms with Crippen molar-refractivity contribution >= 4 is 32.0 Å². The second-order valence-electron chi connectivity index (χ2n) is 11.0. The number of hydrogen-bond donors (Lipinski definition) is 1. The van der Waals surface area contributed by atoms with Crippen LogP contribution in [0.25, 0.3) is 21.9 Å². The average molecular weight is 496 g/mol. The Bertz CT molecular complexity index is 1280. The molecule has 188 valence electrons. The molecule has 5 heterocycles. The fourth-order valence-corrected chi connectivity index (χ4v) is 8.81. The van der Waals surface area contributed by atoms with E-state index in [9.17, 15) is 8.42 Å². The first-order chi connectivity index (χ1) is 17.1. The number of rotatable bonds is 6. The van der Waals surface area contributed by atoms with E-state index in [4.69, 9.17) is 0 Å². The summed E-state index contributed by atoms with van der Waals surface area (Å²) in [5.74, 6) is 1.52. The third kappa shape index (κ3) is 4.85. The van der Waals surface area contributed by atoms with E-state index in [1.54, 1.807) is 0 Å². The molecule has 0 amide bonds. The zero-order valence-corrected chi connectivity index (χ0v) is 21.3. The van der Waals surface area contributed by atoms with Crippen molar-refractivity contribution in [3.8, 4) is 0 Å². The molecule has 1 aliphatic carbocycles. The first-order valence-corrected chi connectivity index (χ1v) is 15.1. The van der Waals surface area contributed by atoms with Gasteiger partial charge in [-0.3, -0.25) is 4.98 Å². The van der Waals surface area contributed by atoms with E-state index in [0.29, 0.717) is 24.1 Å². The van der Waals surface area contributed by atoms with Gasteiger partial charge in [-0.05, 0) is 99.9 Å². The van der Waals surface area contributed by atoms with Gasteiger partial charge in [0, 0.05) is 42.8 Å². The van der Waals surface area contributed by atoms with Gasteiger partial charge < -0.3 is 9.88 Å². The Hall–Kier alpha value is -2.03. The molecule has 0 aromatic carbocycles. The number of nitrogens with one attached hydrogen (secondary N) is 1. The van der Waals surface area contributed by atoms with Gasteiger partial charge >= 0.3 is 0 Å². The summed E-state index contributed by atoms with van der Waals surface area (Å²) < 4.78 is 28.6. The molecule has 3 aromatic rings. The highest BCUT2D eigenvalue weighted by Gasteiger charge is 2.34. The summed E-state index contributed by atoms with van der Waals surface area (Å²) in [7, 11) is -3.20. The summed E-state index contributed by atoms with van der Waals surface area (Å²) in [6.45, 7) is 4.87. The smallest absolute Gasteiger partial charge is 0.214 e. The van der Waals surface area contributed by atoms with Gasteiger partial charge in [0.15, 0.2) is 0 Å². The maximum absolute atomic E-state index is 13.4. The fraction of sp³-hybridized carbons (Fsp3) is 0.630. The Kier molecular flexibility index (Phi) is 6.54. The number of fused-ring (bicyclic) bond motifs is 3. The Morgan fingerprint density at radius 3 is 2.60 bits per heavy atom. The zero-order chi connectivity index (χ0) is 23.8. The quantitative estimate of drug-likeness (QED) is 0.544. The van der Waals surface area contributed by atoms with Crippen LogP contribution in [-0.4, -0.2) is 71.1 Å². The zero-order valence-electron chi connectivity index (χ0n) is 20.5. The molecule has 3 aliphatic rings. The molecule has 2 aliphatic heterocycles. The number of H-pyrrole nitrogens is 1. The molecule has 8 heteroatoms. The van der Waals surface area contributed by atoms with E-state index < -0.39 is 10.0 Å². The van der Waals surface area contributed by atoms with Gasteiger partial charge in [0.2, 0.25) is 10.0 Å². The summed E-state index contributed by atoms with van der Waals surface area (Å²) in [6, 6.07) is 4.24. The highest BCUT2D eigenvalue weighted by Crippen LogP contribution is 2.40. The Morgan fingerprint density at radius 1 is 0.943 bits per heavy atom. The van der Waals surface area contributed by atoms with Crippen LogP contribution >= 0.6 is 0 Å². The number of nitrogens with zero attached hydrogens (tertiary/aromatic N) is 4. The van der Waals surface area contributed by atoms with Gasteiger partial charge in [0.25, 0.3) is 0 Å². The van der Waals surface area contributed by atoms with E-state index in [2.05, 4.69) is 32.0 Å². The molecule has 35 heavy (non-hydrogen) atoms. The van der Waals surface area contributed by atoms with Crippen LogP contribution in [0.2, 0.25) is 0 Å². The van der Waals surface area contributed by atoms with Gasteiger partial charge in [0.1, 0.15) is 5.65 Å². The summed E-state index contributed by atoms with van der Waals surface area (Å²) in [5, 5.41) is 2.33. The topological polar surface area (TPSA) is 82.2 Å². The third-order valence-corrected chi connectivity index (χ3v) is 10.7. The standard InChI is InChI=1S/C27H37N5O2S/c33-35(34,32-15-3-4-21(18-32)17-31-13-1-2-14-31)19-20-5-7-22(8-6-20)23-9-11-28-25-16-30-27-24(26(23)25)10-12-29-27/h9-12,16,20-22H,1-8,13-15,17-19H2,(H,29,30). The number of aromatic amines is 1. The predicted octanol–water partition coefficient (Wildman–Crippen LogP) is 4.52. The lowest BCUT2D eigenvalue weighted by Gasteiger charge is -2.35. The molecule has 3 aromatic heterocycles. The predicted molar refractivity (Wildman–Crippen MR) is 140 cm³/mol. The van der Waals surface area contributed by atoms with Gasteiger partial charge in [-0.15, -0.1) is 0 Å². The van der Waals surface area contributed by atoms with E-state index in [0.717, 1.165) is 68.2 Å². The highest BCUT2D eigenvalue weighted by molar-refractivity contribution is 7.89. The van der Waals surface area contributed by atoms with Crippen LogP contribution in [0.15, 0.2) is 30.7 Å². The number of likely N-dealkylation sites (tertiary alicyclic amines) is 1. The average Bonchev–Trinajstić information content (AvgIpc) is 3.56. The van der Waals surface area contributed by atoms with Crippen LogP contribution in [0.5, 0.6) is 0 Å².